The van der Waals surface area contributed by atoms with E-state index in [0.29, 0.717) is 22.9 Å². The predicted molar refractivity (Wildman–Crippen MR) is 82.3 cm³/mol. The van der Waals surface area contributed by atoms with Gasteiger partial charge in [-0.1, -0.05) is 37.6 Å². The largest absolute Gasteiger partial charge is 0.394 e. The lowest BCUT2D eigenvalue weighted by molar-refractivity contribution is -0.121. The lowest BCUT2D eigenvalue weighted by Crippen LogP contribution is -2.44. The zero-order valence-corrected chi connectivity index (χ0v) is 13.0. The Bertz CT molecular complexity index is 492. The fourth-order valence-corrected chi connectivity index (χ4v) is 2.15. The summed E-state index contributed by atoms with van der Waals surface area (Å²) in [5.74, 6) is -0.379. The van der Waals surface area contributed by atoms with Gasteiger partial charge in [-0.2, -0.15) is 0 Å². The van der Waals surface area contributed by atoms with Gasteiger partial charge in [0.25, 0.3) is 5.91 Å². The van der Waals surface area contributed by atoms with Crippen LogP contribution in [0, 0.1) is 5.92 Å². The molecular weight excluding hydrogens is 292 g/mol. The summed E-state index contributed by atoms with van der Waals surface area (Å²) < 4.78 is 0. The molecule has 1 atom stereocenters. The van der Waals surface area contributed by atoms with E-state index in [-0.39, 0.29) is 25.1 Å². The molecule has 1 rings (SSSR count). The zero-order valence-electron chi connectivity index (χ0n) is 12.2. The second-order valence-electron chi connectivity index (χ2n) is 5.24. The summed E-state index contributed by atoms with van der Waals surface area (Å²) in [4.78, 5) is 23.6. The van der Waals surface area contributed by atoms with Crippen molar-refractivity contribution >= 4 is 23.4 Å². The SMILES string of the molecule is CC(C)CC(CO)NC(=O)CNC(=O)c1ccccc1Cl. The number of hydrogen-bond acceptors (Lipinski definition) is 3. The van der Waals surface area contributed by atoms with E-state index in [0.717, 1.165) is 0 Å². The Morgan fingerprint density at radius 1 is 1.29 bits per heavy atom. The Morgan fingerprint density at radius 3 is 2.52 bits per heavy atom. The molecule has 0 heterocycles. The molecule has 0 aromatic heterocycles. The number of rotatable bonds is 7. The summed E-state index contributed by atoms with van der Waals surface area (Å²) in [6.07, 6.45) is 0.681. The van der Waals surface area contributed by atoms with Gasteiger partial charge in [0.2, 0.25) is 5.91 Å². The van der Waals surface area contributed by atoms with Crippen LogP contribution in [0.4, 0.5) is 0 Å². The molecule has 0 fully saturated rings. The number of aliphatic hydroxyl groups is 1. The van der Waals surface area contributed by atoms with Crippen molar-refractivity contribution in [2.45, 2.75) is 26.3 Å². The number of nitrogens with one attached hydrogen (secondary N) is 2. The third-order valence-corrected chi connectivity index (χ3v) is 3.20. The first-order chi connectivity index (χ1) is 9.93. The molecule has 116 valence electrons. The van der Waals surface area contributed by atoms with E-state index in [4.69, 9.17) is 11.6 Å². The summed E-state index contributed by atoms with van der Waals surface area (Å²) in [6.45, 7) is 3.74. The van der Waals surface area contributed by atoms with Gasteiger partial charge in [0.1, 0.15) is 0 Å². The van der Waals surface area contributed by atoms with Gasteiger partial charge in [0, 0.05) is 0 Å². The van der Waals surface area contributed by atoms with E-state index < -0.39 is 5.91 Å². The Labute approximate surface area is 129 Å². The Balaban J connectivity index is 2.46. The fourth-order valence-electron chi connectivity index (χ4n) is 1.93. The molecule has 0 aliphatic rings. The van der Waals surface area contributed by atoms with Crippen molar-refractivity contribution in [3.63, 3.8) is 0 Å². The second-order valence-corrected chi connectivity index (χ2v) is 5.65. The molecule has 0 radical (unpaired) electrons. The minimum atomic E-state index is -0.403. The van der Waals surface area contributed by atoms with Crippen LogP contribution >= 0.6 is 11.6 Å². The molecule has 0 aliphatic carbocycles. The van der Waals surface area contributed by atoms with Gasteiger partial charge in [-0.15, -0.1) is 0 Å². The van der Waals surface area contributed by atoms with Crippen LogP contribution < -0.4 is 10.6 Å². The minimum Gasteiger partial charge on any atom is -0.394 e. The van der Waals surface area contributed by atoms with Crippen LogP contribution in [0.15, 0.2) is 24.3 Å². The van der Waals surface area contributed by atoms with Gasteiger partial charge in [-0.25, -0.2) is 0 Å². The predicted octanol–water partition coefficient (Wildman–Crippen LogP) is 1.59. The van der Waals surface area contributed by atoms with Gasteiger partial charge >= 0.3 is 0 Å². The number of carbonyl (C=O) groups excluding carboxylic acids is 2. The van der Waals surface area contributed by atoms with Crippen molar-refractivity contribution in [1.29, 1.82) is 0 Å². The Kier molecular flexibility index (Phi) is 7.19. The average Bonchev–Trinajstić information content (AvgIpc) is 2.44. The van der Waals surface area contributed by atoms with Gasteiger partial charge in [0.15, 0.2) is 0 Å². The average molecular weight is 313 g/mol. The molecule has 3 N–H and O–H groups in total. The highest BCUT2D eigenvalue weighted by molar-refractivity contribution is 6.33. The van der Waals surface area contributed by atoms with E-state index in [2.05, 4.69) is 10.6 Å². The highest BCUT2D eigenvalue weighted by atomic mass is 35.5. The number of benzene rings is 1. The van der Waals surface area contributed by atoms with Crippen molar-refractivity contribution < 1.29 is 14.7 Å². The summed E-state index contributed by atoms with van der Waals surface area (Å²) in [6, 6.07) is 6.33. The van der Waals surface area contributed by atoms with E-state index in [1.165, 1.54) is 0 Å². The molecule has 1 aromatic carbocycles. The highest BCUT2D eigenvalue weighted by Crippen LogP contribution is 2.14. The summed E-state index contributed by atoms with van der Waals surface area (Å²) in [5, 5.41) is 14.7. The maximum absolute atomic E-state index is 11.9. The quantitative estimate of drug-likeness (QED) is 0.715. The molecule has 0 saturated carbocycles. The number of carbonyl (C=O) groups is 2. The summed E-state index contributed by atoms with van der Waals surface area (Å²) in [7, 11) is 0. The molecule has 1 unspecified atom stereocenters. The molecule has 1 aromatic rings. The normalized spacial score (nSPS) is 12.0. The molecule has 0 spiro atoms. The van der Waals surface area contributed by atoms with Crippen LogP contribution in [0.2, 0.25) is 5.02 Å². The molecule has 0 bridgehead atoms. The highest BCUT2D eigenvalue weighted by Gasteiger charge is 2.15. The standard InChI is InChI=1S/C15H21ClN2O3/c1-10(2)7-11(9-19)18-14(20)8-17-15(21)12-5-3-4-6-13(12)16/h3-6,10-11,19H,7-9H2,1-2H3,(H,17,21)(H,18,20). The maximum atomic E-state index is 11.9. The maximum Gasteiger partial charge on any atom is 0.253 e. The Morgan fingerprint density at radius 2 is 1.95 bits per heavy atom. The summed E-state index contributed by atoms with van der Waals surface area (Å²) >= 11 is 5.90. The first kappa shape index (κ1) is 17.5. The van der Waals surface area contributed by atoms with Crippen molar-refractivity contribution in [2.24, 2.45) is 5.92 Å². The molecule has 0 aliphatic heterocycles. The van der Waals surface area contributed by atoms with Gasteiger partial charge in [0.05, 0.1) is 29.8 Å². The van der Waals surface area contributed by atoms with E-state index in [1.807, 2.05) is 13.8 Å². The molecule has 5 nitrogen and oxygen atoms in total. The van der Waals surface area contributed by atoms with Crippen LogP contribution in [0.1, 0.15) is 30.6 Å². The zero-order chi connectivity index (χ0) is 15.8. The van der Waals surface area contributed by atoms with Crippen molar-refractivity contribution in [3.05, 3.63) is 34.9 Å². The number of amides is 2. The Hall–Kier alpha value is -1.59. The van der Waals surface area contributed by atoms with Crippen molar-refractivity contribution in [2.75, 3.05) is 13.2 Å². The molecule has 21 heavy (non-hydrogen) atoms. The van der Waals surface area contributed by atoms with Gasteiger partial charge in [-0.3, -0.25) is 9.59 Å². The monoisotopic (exact) mass is 312 g/mol. The van der Waals surface area contributed by atoms with E-state index in [1.54, 1.807) is 24.3 Å². The van der Waals surface area contributed by atoms with Gasteiger partial charge in [-0.05, 0) is 24.5 Å². The number of hydrogen-bond donors (Lipinski definition) is 3. The third-order valence-electron chi connectivity index (χ3n) is 2.87. The smallest absolute Gasteiger partial charge is 0.253 e. The number of halogens is 1. The number of aliphatic hydroxyl groups excluding tert-OH is 1. The third kappa shape index (κ3) is 6.14. The molecule has 0 saturated heterocycles. The fraction of sp³-hybridized carbons (Fsp3) is 0.467. The van der Waals surface area contributed by atoms with Crippen molar-refractivity contribution in [3.8, 4) is 0 Å². The molecular formula is C15H21ClN2O3. The van der Waals surface area contributed by atoms with E-state index >= 15 is 0 Å². The first-order valence-electron chi connectivity index (χ1n) is 6.87. The van der Waals surface area contributed by atoms with Crippen LogP contribution in [0.3, 0.4) is 0 Å². The first-order valence-corrected chi connectivity index (χ1v) is 7.24. The van der Waals surface area contributed by atoms with Crippen LogP contribution in [0.5, 0.6) is 0 Å². The van der Waals surface area contributed by atoms with Crippen molar-refractivity contribution in [1.82, 2.24) is 10.6 Å². The second kappa shape index (κ2) is 8.64. The minimum absolute atomic E-state index is 0.123. The summed E-state index contributed by atoms with van der Waals surface area (Å²) in [5.41, 5.74) is 0.327. The van der Waals surface area contributed by atoms with Crippen LogP contribution in [-0.4, -0.2) is 36.1 Å². The molecule has 6 heteroatoms. The van der Waals surface area contributed by atoms with Gasteiger partial charge < -0.3 is 15.7 Å². The lowest BCUT2D eigenvalue weighted by atomic mass is 10.0. The lowest BCUT2D eigenvalue weighted by Gasteiger charge is -2.18. The topological polar surface area (TPSA) is 78.4 Å². The molecule has 2 amide bonds. The van der Waals surface area contributed by atoms with Crippen LogP contribution in [-0.2, 0) is 4.79 Å². The van der Waals surface area contributed by atoms with E-state index in [9.17, 15) is 14.7 Å². The van der Waals surface area contributed by atoms with Crippen LogP contribution in [0.25, 0.3) is 0 Å².